The lowest BCUT2D eigenvalue weighted by Crippen LogP contribution is -2.62. The van der Waals surface area contributed by atoms with Crippen molar-refractivity contribution in [2.75, 3.05) is 6.54 Å². The summed E-state index contributed by atoms with van der Waals surface area (Å²) in [4.78, 5) is 3.50. The first-order chi connectivity index (χ1) is 25.1. The molecule has 0 amide bonds. The van der Waals surface area contributed by atoms with Gasteiger partial charge >= 0.3 is 21.1 Å². The Kier molecular flexibility index (Phi) is 11.5. The number of fused-ring (bicyclic) bond motifs is 3. The molecule has 1 aliphatic carbocycles. The van der Waals surface area contributed by atoms with Gasteiger partial charge in [0.25, 0.3) is 0 Å². The van der Waals surface area contributed by atoms with Gasteiger partial charge in [-0.05, 0) is 91.2 Å². The topological polar surface area (TPSA) is 139 Å². The molecule has 1 fully saturated rings. The Morgan fingerprint density at radius 1 is 1.02 bits per heavy atom. The number of piperidine rings is 1. The molecule has 0 bridgehead atoms. The summed E-state index contributed by atoms with van der Waals surface area (Å²) in [5.74, 6) is 0.534. The van der Waals surface area contributed by atoms with Gasteiger partial charge in [0.2, 0.25) is 0 Å². The van der Waals surface area contributed by atoms with Crippen LogP contribution in [0.1, 0.15) is 69.4 Å². The molecule has 54 heavy (non-hydrogen) atoms. The second kappa shape index (κ2) is 15.2. The Labute approximate surface area is 309 Å². The van der Waals surface area contributed by atoms with Crippen molar-refractivity contribution in [2.45, 2.75) is 74.8 Å². The van der Waals surface area contributed by atoms with Gasteiger partial charge in [0, 0.05) is 52.6 Å². The molecule has 1 aromatic carbocycles. The molecule has 0 saturated carbocycles. The molecule has 5 heterocycles. The van der Waals surface area contributed by atoms with Crippen LogP contribution in [-0.4, -0.2) is 58.5 Å². The first-order valence-electron chi connectivity index (χ1n) is 17.0. The number of nitrogens with zero attached hydrogens (tertiary/aromatic N) is 1. The van der Waals surface area contributed by atoms with E-state index in [1.807, 2.05) is 0 Å². The number of alkyl halides is 6. The maximum atomic E-state index is 10.7. The van der Waals surface area contributed by atoms with Gasteiger partial charge in [-0.25, -0.2) is 8.42 Å². The van der Waals surface area contributed by atoms with Crippen molar-refractivity contribution < 1.29 is 56.8 Å². The van der Waals surface area contributed by atoms with Gasteiger partial charge in [0.1, 0.15) is 6.20 Å². The van der Waals surface area contributed by atoms with Crippen LogP contribution >= 0.6 is 0 Å². The maximum Gasteiger partial charge on any atom is 0.522 e. The van der Waals surface area contributed by atoms with E-state index in [4.69, 9.17) is 25.9 Å². The zero-order valence-electron chi connectivity index (χ0n) is 29.2. The van der Waals surface area contributed by atoms with Gasteiger partial charge in [-0.3, -0.25) is 9.04 Å². The highest BCUT2D eigenvalue weighted by Crippen LogP contribution is 2.54. The van der Waals surface area contributed by atoms with E-state index in [2.05, 4.69) is 116 Å². The summed E-state index contributed by atoms with van der Waals surface area (Å²) >= 11 is 0. The largest absolute Gasteiger partial charge is 0.741 e. The van der Waals surface area contributed by atoms with Crippen molar-refractivity contribution in [3.05, 3.63) is 125 Å². The monoisotopic (exact) mass is 799 g/mol. The van der Waals surface area contributed by atoms with Crippen LogP contribution in [0, 0.1) is 0 Å². The van der Waals surface area contributed by atoms with Crippen LogP contribution in [0.25, 0.3) is 17.0 Å². The Hall–Kier alpha value is -4.16. The minimum absolute atomic E-state index is 0.0245. The van der Waals surface area contributed by atoms with Gasteiger partial charge in [-0.1, -0.05) is 43.7 Å². The number of allylic oxidation sites excluding steroid dienone is 8. The van der Waals surface area contributed by atoms with E-state index >= 15 is 0 Å². The van der Waals surface area contributed by atoms with Crippen molar-refractivity contribution in [1.82, 2.24) is 10.3 Å². The smallest absolute Gasteiger partial charge is 0.522 e. The lowest BCUT2D eigenvalue weighted by Gasteiger charge is -2.54. The molecule has 7 rings (SSSR count). The van der Waals surface area contributed by atoms with E-state index in [9.17, 15) is 26.3 Å². The van der Waals surface area contributed by atoms with Crippen LogP contribution in [0.15, 0.2) is 114 Å². The molecule has 17 heteroatoms. The Bertz CT molecular complexity index is 2220. The predicted octanol–water partition coefficient (Wildman–Crippen LogP) is 8.88. The molecule has 0 spiro atoms. The molecule has 2 unspecified atom stereocenters. The van der Waals surface area contributed by atoms with E-state index in [0.29, 0.717) is 5.92 Å². The van der Waals surface area contributed by atoms with E-state index in [0.717, 1.165) is 23.9 Å². The van der Waals surface area contributed by atoms with Crippen LogP contribution in [-0.2, 0) is 20.2 Å². The highest BCUT2D eigenvalue weighted by molar-refractivity contribution is 7.86. The molecular formula is C37H39F6N3O6S2. The number of nitrogens with one attached hydrogen (secondary N) is 2. The zero-order chi connectivity index (χ0) is 39.7. The van der Waals surface area contributed by atoms with Crippen molar-refractivity contribution in [3.63, 3.8) is 0 Å². The van der Waals surface area contributed by atoms with Crippen molar-refractivity contribution in [2.24, 2.45) is 0 Å². The molecule has 1 aromatic heterocycles. The van der Waals surface area contributed by atoms with Gasteiger partial charge in [0.15, 0.2) is 15.7 Å². The number of quaternary nitrogens is 1. The quantitative estimate of drug-likeness (QED) is 0.122. The van der Waals surface area contributed by atoms with Crippen molar-refractivity contribution in [3.8, 4) is 0 Å². The number of hydrogen-bond acceptors (Lipinski definition) is 6. The summed E-state index contributed by atoms with van der Waals surface area (Å²) < 4.78 is 117. The average molecular weight is 800 g/mol. The molecule has 292 valence electrons. The SMILES string of the molecule is CC(C)c1ccc2c(/C=C/C3=C[N+]45C=CCC6=C(C7=CNC=CC=C7CC6)C4(C=C3)CCCC5)c[nH]c2c1.O=S(=O)(O)C(F)(F)F.O=S(=O)([O-])C(F)(F)F. The standard InChI is InChI=1S/C35H38N3.2CHF3O3S/c1-25(2)29-13-14-31-30(22-37-33(31)21-29)10-9-26-15-17-35-16-3-4-19-38(35,24-26)20-6-8-28-12-11-27-7-5-18-36-23-32(27)34(28)35;2*2-1(3,4)8(5,6)7/h5-7,9-10,13-15,17-18,20-25,36-37H,3-4,8,11-12,16,19H2,1-2H3;2*(H,5,6,7)/q+1;;/p-1/b10-9+;;. The summed E-state index contributed by atoms with van der Waals surface area (Å²) in [5, 5.41) is 4.73. The third-order valence-corrected chi connectivity index (χ3v) is 11.1. The number of halogens is 6. The van der Waals surface area contributed by atoms with Crippen LogP contribution in [0.5, 0.6) is 0 Å². The number of hydrogen-bond donors (Lipinski definition) is 3. The lowest BCUT2D eigenvalue weighted by molar-refractivity contribution is -0.876. The molecule has 4 aliphatic heterocycles. The zero-order valence-corrected chi connectivity index (χ0v) is 30.8. The van der Waals surface area contributed by atoms with Gasteiger partial charge in [-0.15, -0.1) is 0 Å². The van der Waals surface area contributed by atoms with Crippen molar-refractivity contribution >= 4 is 37.2 Å². The fourth-order valence-corrected chi connectivity index (χ4v) is 7.45. The third kappa shape index (κ3) is 8.39. The number of rotatable bonds is 3. The van der Waals surface area contributed by atoms with Crippen LogP contribution in [0.2, 0.25) is 0 Å². The molecule has 2 atom stereocenters. The number of benzene rings is 1. The molecule has 3 N–H and O–H groups in total. The Balaban J connectivity index is 0.000000295. The summed E-state index contributed by atoms with van der Waals surface area (Å²) in [6.45, 7) is 5.65. The third-order valence-electron chi connectivity index (χ3n) is 10.00. The second-order valence-electron chi connectivity index (χ2n) is 13.7. The van der Waals surface area contributed by atoms with E-state index in [1.165, 1.54) is 64.4 Å². The molecule has 1 saturated heterocycles. The van der Waals surface area contributed by atoms with E-state index < -0.39 is 31.3 Å². The Morgan fingerprint density at radius 2 is 1.72 bits per heavy atom. The van der Waals surface area contributed by atoms with E-state index in [-0.39, 0.29) is 5.54 Å². The van der Waals surface area contributed by atoms with Crippen LogP contribution in [0.3, 0.4) is 0 Å². The molecule has 2 aromatic rings. The molecule has 0 radical (unpaired) electrons. The summed E-state index contributed by atoms with van der Waals surface area (Å²) in [6.07, 6.45) is 35.2. The lowest BCUT2D eigenvalue weighted by atomic mass is 9.67. The van der Waals surface area contributed by atoms with Gasteiger partial charge in [0.05, 0.1) is 12.7 Å². The molecule has 9 nitrogen and oxygen atoms in total. The second-order valence-corrected chi connectivity index (χ2v) is 16.5. The molecular weight excluding hydrogens is 761 g/mol. The van der Waals surface area contributed by atoms with Gasteiger partial charge in [-0.2, -0.15) is 34.8 Å². The normalized spacial score (nSPS) is 23.9. The fourth-order valence-electron chi connectivity index (χ4n) is 7.45. The predicted molar refractivity (Wildman–Crippen MR) is 192 cm³/mol. The van der Waals surface area contributed by atoms with Crippen molar-refractivity contribution in [1.29, 1.82) is 0 Å². The molecule has 5 aliphatic rings. The maximum absolute atomic E-state index is 10.7. The minimum Gasteiger partial charge on any atom is -0.741 e. The van der Waals surface area contributed by atoms with Crippen LogP contribution < -0.4 is 5.32 Å². The van der Waals surface area contributed by atoms with E-state index in [1.54, 1.807) is 11.1 Å². The van der Waals surface area contributed by atoms with Crippen LogP contribution in [0.4, 0.5) is 26.3 Å². The fraction of sp³-hybridized carbons (Fsp3) is 0.351. The summed E-state index contributed by atoms with van der Waals surface area (Å²) in [6, 6.07) is 6.84. The number of aromatic amines is 1. The highest BCUT2D eigenvalue weighted by Gasteiger charge is 2.56. The first-order valence-corrected chi connectivity index (χ1v) is 19.8. The summed E-state index contributed by atoms with van der Waals surface area (Å²) in [5.41, 5.74) is 0.0682. The highest BCUT2D eigenvalue weighted by atomic mass is 32.2. The number of aromatic nitrogens is 1. The number of H-pyrrole nitrogens is 1. The van der Waals surface area contributed by atoms with Gasteiger partial charge < -0.3 is 14.9 Å². The minimum atomic E-state index is -6.09. The summed E-state index contributed by atoms with van der Waals surface area (Å²) in [7, 11) is -11.9. The average Bonchev–Trinajstić information content (AvgIpc) is 3.23. The first kappa shape index (κ1) is 41.0. The Morgan fingerprint density at radius 3 is 2.37 bits per heavy atom.